The highest BCUT2D eigenvalue weighted by Crippen LogP contribution is 2.25. The van der Waals surface area contributed by atoms with E-state index in [1.165, 1.54) is 0 Å². The first-order chi connectivity index (χ1) is 12.3. The van der Waals surface area contributed by atoms with E-state index in [0.29, 0.717) is 22.6 Å². The van der Waals surface area contributed by atoms with Crippen LogP contribution in [0.1, 0.15) is 22.7 Å². The van der Waals surface area contributed by atoms with Gasteiger partial charge in [-0.3, -0.25) is 10.2 Å². The molecule has 8 nitrogen and oxygen atoms in total. The molecule has 0 saturated carbocycles. The Labute approximate surface area is 162 Å². The highest BCUT2D eigenvalue weighted by atomic mass is 35.5. The van der Waals surface area contributed by atoms with Gasteiger partial charge < -0.3 is 26.6 Å². The van der Waals surface area contributed by atoms with Crippen molar-refractivity contribution in [2.24, 2.45) is 11.5 Å². The predicted octanol–water partition coefficient (Wildman–Crippen LogP) is 1.80. The van der Waals surface area contributed by atoms with Gasteiger partial charge in [-0.2, -0.15) is 0 Å². The number of rotatable bonds is 8. The van der Waals surface area contributed by atoms with E-state index in [1.807, 2.05) is 0 Å². The molecule has 1 amide bonds. The molecule has 27 heavy (non-hydrogen) atoms. The molecule has 0 spiro atoms. The summed E-state index contributed by atoms with van der Waals surface area (Å²) in [4.78, 5) is 22.6. The van der Waals surface area contributed by atoms with Crippen molar-refractivity contribution in [3.63, 3.8) is 0 Å². The van der Waals surface area contributed by atoms with Crippen LogP contribution in [0, 0.1) is 12.3 Å². The van der Waals surface area contributed by atoms with Gasteiger partial charge in [-0.25, -0.2) is 4.79 Å². The minimum atomic E-state index is -1.08. The van der Waals surface area contributed by atoms with Gasteiger partial charge in [0.25, 0.3) is 5.91 Å². The van der Waals surface area contributed by atoms with Crippen LogP contribution in [0.3, 0.4) is 0 Å². The zero-order valence-corrected chi connectivity index (χ0v) is 15.4. The Balaban J connectivity index is 0.00000364. The molecule has 2 aromatic rings. The van der Waals surface area contributed by atoms with Crippen molar-refractivity contribution >= 4 is 35.8 Å². The lowest BCUT2D eigenvalue weighted by Gasteiger charge is -2.18. The van der Waals surface area contributed by atoms with Crippen LogP contribution in [0.15, 0.2) is 42.5 Å². The summed E-state index contributed by atoms with van der Waals surface area (Å²) in [5.41, 5.74) is 12.8. The standard InChI is InChI=1S/C18H20N4O4.ClH/c1-10-6-12(8-14(7-10)26-9-15(19)23)16(18(24)25)22-13-4-2-11(3-5-13)17(20)21;/h2-8,16,22H,9H2,1H3,(H2,19,23)(H3,20,21)(H,24,25);1H. The number of aliphatic carboxylic acids is 1. The lowest BCUT2D eigenvalue weighted by Crippen LogP contribution is -2.22. The topological polar surface area (TPSA) is 152 Å². The Hall–Kier alpha value is -3.26. The minimum absolute atomic E-state index is 0. The van der Waals surface area contributed by atoms with Crippen LogP contribution in [0.4, 0.5) is 5.69 Å². The van der Waals surface area contributed by atoms with Gasteiger partial charge in [0.1, 0.15) is 11.6 Å². The number of benzene rings is 2. The molecule has 9 heteroatoms. The van der Waals surface area contributed by atoms with E-state index in [0.717, 1.165) is 5.56 Å². The number of anilines is 1. The SMILES string of the molecule is Cc1cc(OCC(N)=O)cc(C(Nc2ccc(C(=N)N)cc2)C(=O)O)c1.Cl. The Morgan fingerprint density at radius 2 is 1.81 bits per heavy atom. The molecule has 1 atom stereocenters. The Morgan fingerprint density at radius 3 is 2.33 bits per heavy atom. The molecule has 0 heterocycles. The molecule has 0 radical (unpaired) electrons. The lowest BCUT2D eigenvalue weighted by molar-refractivity contribution is -0.138. The molecule has 0 fully saturated rings. The van der Waals surface area contributed by atoms with Crippen molar-refractivity contribution in [2.75, 3.05) is 11.9 Å². The number of primary amides is 1. The quantitative estimate of drug-likeness (QED) is 0.341. The number of amidine groups is 1. The zero-order chi connectivity index (χ0) is 19.3. The minimum Gasteiger partial charge on any atom is -0.484 e. The molecule has 0 saturated heterocycles. The monoisotopic (exact) mass is 392 g/mol. The highest BCUT2D eigenvalue weighted by molar-refractivity contribution is 5.95. The Kier molecular flexibility index (Phi) is 7.62. The van der Waals surface area contributed by atoms with Crippen molar-refractivity contribution in [1.29, 1.82) is 5.41 Å². The smallest absolute Gasteiger partial charge is 0.330 e. The number of aryl methyl sites for hydroxylation is 1. The van der Waals surface area contributed by atoms with Gasteiger partial charge in [0.05, 0.1) is 0 Å². The number of carboxylic acid groups (broad SMARTS) is 1. The fraction of sp³-hybridized carbons (Fsp3) is 0.167. The number of hydrogen-bond donors (Lipinski definition) is 5. The van der Waals surface area contributed by atoms with E-state index >= 15 is 0 Å². The molecular weight excluding hydrogens is 372 g/mol. The number of ether oxygens (including phenoxy) is 1. The molecule has 0 aliphatic carbocycles. The van der Waals surface area contributed by atoms with Gasteiger partial charge in [0.2, 0.25) is 0 Å². The van der Waals surface area contributed by atoms with Crippen LogP contribution >= 0.6 is 12.4 Å². The summed E-state index contributed by atoms with van der Waals surface area (Å²) in [6.45, 7) is 1.50. The first-order valence-corrected chi connectivity index (χ1v) is 7.73. The Bertz CT molecular complexity index is 840. The van der Waals surface area contributed by atoms with Crippen LogP contribution in [0.2, 0.25) is 0 Å². The van der Waals surface area contributed by atoms with Gasteiger partial charge in [-0.15, -0.1) is 12.4 Å². The van der Waals surface area contributed by atoms with Gasteiger partial charge in [0, 0.05) is 11.3 Å². The van der Waals surface area contributed by atoms with Crippen LogP contribution < -0.4 is 21.5 Å². The number of carbonyl (C=O) groups excluding carboxylic acids is 1. The number of nitrogens with one attached hydrogen (secondary N) is 2. The molecule has 1 unspecified atom stereocenters. The summed E-state index contributed by atoms with van der Waals surface area (Å²) < 4.78 is 5.28. The van der Waals surface area contributed by atoms with Crippen LogP contribution in [-0.2, 0) is 9.59 Å². The number of nitrogen functional groups attached to an aromatic ring is 1. The summed E-state index contributed by atoms with van der Waals surface area (Å²) in [7, 11) is 0. The van der Waals surface area contributed by atoms with E-state index in [2.05, 4.69) is 5.32 Å². The average Bonchev–Trinajstić information content (AvgIpc) is 2.57. The van der Waals surface area contributed by atoms with E-state index < -0.39 is 17.9 Å². The number of nitrogens with two attached hydrogens (primary N) is 2. The third kappa shape index (κ3) is 6.19. The number of amides is 1. The zero-order valence-electron chi connectivity index (χ0n) is 14.6. The van der Waals surface area contributed by atoms with Crippen LogP contribution in [0.5, 0.6) is 5.75 Å². The summed E-state index contributed by atoms with van der Waals surface area (Å²) >= 11 is 0. The summed E-state index contributed by atoms with van der Waals surface area (Å²) in [6.07, 6.45) is 0. The Morgan fingerprint density at radius 1 is 1.19 bits per heavy atom. The second-order valence-corrected chi connectivity index (χ2v) is 5.74. The summed E-state index contributed by atoms with van der Waals surface area (Å²) in [5.74, 6) is -1.40. The first-order valence-electron chi connectivity index (χ1n) is 7.73. The van der Waals surface area contributed by atoms with Crippen molar-refractivity contribution in [2.45, 2.75) is 13.0 Å². The second kappa shape index (κ2) is 9.44. The number of carboxylic acids is 1. The molecule has 2 aromatic carbocycles. The lowest BCUT2D eigenvalue weighted by atomic mass is 10.0. The highest BCUT2D eigenvalue weighted by Gasteiger charge is 2.21. The molecule has 0 aliphatic rings. The number of carbonyl (C=O) groups is 2. The normalized spacial score (nSPS) is 11.0. The van der Waals surface area contributed by atoms with Crippen LogP contribution in [-0.4, -0.2) is 29.4 Å². The van der Waals surface area contributed by atoms with Crippen molar-refractivity contribution in [1.82, 2.24) is 0 Å². The van der Waals surface area contributed by atoms with Gasteiger partial charge >= 0.3 is 5.97 Å². The van der Waals surface area contributed by atoms with Gasteiger partial charge in [-0.1, -0.05) is 6.07 Å². The summed E-state index contributed by atoms with van der Waals surface area (Å²) in [5, 5.41) is 19.9. The fourth-order valence-electron chi connectivity index (χ4n) is 2.38. The first kappa shape index (κ1) is 21.8. The summed E-state index contributed by atoms with van der Waals surface area (Å²) in [6, 6.07) is 10.5. The molecule has 144 valence electrons. The van der Waals surface area contributed by atoms with Crippen LogP contribution in [0.25, 0.3) is 0 Å². The van der Waals surface area contributed by atoms with Gasteiger partial charge in [0.15, 0.2) is 12.6 Å². The van der Waals surface area contributed by atoms with E-state index in [9.17, 15) is 14.7 Å². The molecular formula is C18H21ClN4O4. The maximum absolute atomic E-state index is 11.7. The molecule has 2 rings (SSSR count). The number of hydrogen-bond acceptors (Lipinski definition) is 5. The molecule has 0 aliphatic heterocycles. The predicted molar refractivity (Wildman–Crippen MR) is 105 cm³/mol. The van der Waals surface area contributed by atoms with E-state index in [-0.39, 0.29) is 24.8 Å². The average molecular weight is 393 g/mol. The molecule has 0 aromatic heterocycles. The third-order valence-corrected chi connectivity index (χ3v) is 3.54. The molecule has 7 N–H and O–H groups in total. The largest absolute Gasteiger partial charge is 0.484 e. The van der Waals surface area contributed by atoms with Gasteiger partial charge in [-0.05, 0) is 54.4 Å². The van der Waals surface area contributed by atoms with Crippen molar-refractivity contribution < 1.29 is 19.4 Å². The van der Waals surface area contributed by atoms with Crippen molar-refractivity contribution in [3.05, 3.63) is 59.2 Å². The maximum atomic E-state index is 11.7. The molecule has 0 bridgehead atoms. The fourth-order valence-corrected chi connectivity index (χ4v) is 2.38. The number of halogens is 1. The van der Waals surface area contributed by atoms with Crippen molar-refractivity contribution in [3.8, 4) is 5.75 Å². The van der Waals surface area contributed by atoms with E-state index in [1.54, 1.807) is 49.4 Å². The van der Waals surface area contributed by atoms with E-state index in [4.69, 9.17) is 21.6 Å². The maximum Gasteiger partial charge on any atom is 0.330 e. The third-order valence-electron chi connectivity index (χ3n) is 3.54. The second-order valence-electron chi connectivity index (χ2n) is 5.74.